The third kappa shape index (κ3) is 9.44. The monoisotopic (exact) mass is 216 g/mol. The lowest BCUT2D eigenvalue weighted by Crippen LogP contribution is -2.28. The van der Waals surface area contributed by atoms with Crippen molar-refractivity contribution in [2.24, 2.45) is 0 Å². The van der Waals surface area contributed by atoms with E-state index < -0.39 is 8.32 Å². The zero-order chi connectivity index (χ0) is 11.2. The van der Waals surface area contributed by atoms with Crippen molar-refractivity contribution in [1.82, 2.24) is 0 Å². The summed E-state index contributed by atoms with van der Waals surface area (Å²) in [5.41, 5.74) is 0. The molecule has 0 aromatic carbocycles. The van der Waals surface area contributed by atoms with Gasteiger partial charge in [-0.1, -0.05) is 0 Å². The Morgan fingerprint density at radius 1 is 1.07 bits per heavy atom. The molecular formula is C10H20O3Si. The van der Waals surface area contributed by atoms with E-state index in [2.05, 4.69) is 0 Å². The maximum atomic E-state index is 11.2. The van der Waals surface area contributed by atoms with Gasteiger partial charge < -0.3 is 9.22 Å². The minimum atomic E-state index is -1.72. The standard InChI is InChI=1S/C10H20O3Si/c1-9(11)7-5-6-8-10(12)13-14(2,3)4/h5-8H2,1-4H3. The van der Waals surface area contributed by atoms with Gasteiger partial charge in [0.15, 0.2) is 0 Å². The SMILES string of the molecule is CC(=O)CCCCC(=O)O[Si](C)(C)C. The van der Waals surface area contributed by atoms with Crippen LogP contribution in [-0.4, -0.2) is 20.1 Å². The highest BCUT2D eigenvalue weighted by Gasteiger charge is 2.19. The molecule has 0 saturated heterocycles. The van der Waals surface area contributed by atoms with Crippen LogP contribution in [0.25, 0.3) is 0 Å². The van der Waals surface area contributed by atoms with Gasteiger partial charge in [-0.25, -0.2) is 0 Å². The van der Waals surface area contributed by atoms with Crippen LogP contribution in [0.4, 0.5) is 0 Å². The van der Waals surface area contributed by atoms with Crippen molar-refractivity contribution in [1.29, 1.82) is 0 Å². The van der Waals surface area contributed by atoms with Crippen LogP contribution in [0.15, 0.2) is 0 Å². The molecule has 0 aliphatic carbocycles. The first kappa shape index (κ1) is 13.4. The van der Waals surface area contributed by atoms with E-state index in [1.54, 1.807) is 6.92 Å². The third-order valence-electron chi connectivity index (χ3n) is 1.58. The molecule has 0 spiro atoms. The van der Waals surface area contributed by atoms with Crippen LogP contribution in [0, 0.1) is 0 Å². The molecule has 0 aromatic rings. The second-order valence-corrected chi connectivity index (χ2v) is 8.92. The Labute approximate surface area is 87.0 Å². The first-order valence-electron chi connectivity index (χ1n) is 5.02. The summed E-state index contributed by atoms with van der Waals surface area (Å²) in [5, 5.41) is 0. The highest BCUT2D eigenvalue weighted by atomic mass is 28.4. The van der Waals surface area contributed by atoms with E-state index in [1.165, 1.54) is 0 Å². The van der Waals surface area contributed by atoms with Crippen molar-refractivity contribution in [3.05, 3.63) is 0 Å². The Kier molecular flexibility index (Phi) is 5.68. The molecule has 0 fully saturated rings. The molecular weight excluding hydrogens is 196 g/mol. The molecule has 3 nitrogen and oxygen atoms in total. The number of hydrogen-bond donors (Lipinski definition) is 0. The van der Waals surface area contributed by atoms with Crippen LogP contribution < -0.4 is 0 Å². The number of carbonyl (C=O) groups excluding carboxylic acids is 2. The van der Waals surface area contributed by atoms with Gasteiger partial charge in [0, 0.05) is 12.8 Å². The average molecular weight is 216 g/mol. The molecule has 82 valence electrons. The molecule has 0 aromatic heterocycles. The molecule has 0 atom stereocenters. The summed E-state index contributed by atoms with van der Waals surface area (Å²) in [7, 11) is -1.72. The summed E-state index contributed by atoms with van der Waals surface area (Å²) in [6.07, 6.45) is 2.55. The van der Waals surface area contributed by atoms with E-state index in [1.807, 2.05) is 19.6 Å². The topological polar surface area (TPSA) is 43.4 Å². The summed E-state index contributed by atoms with van der Waals surface area (Å²) >= 11 is 0. The van der Waals surface area contributed by atoms with E-state index in [0.717, 1.165) is 12.8 Å². The van der Waals surface area contributed by atoms with Gasteiger partial charge in [-0.2, -0.15) is 0 Å². The molecule has 14 heavy (non-hydrogen) atoms. The molecule has 0 amide bonds. The van der Waals surface area contributed by atoms with Crippen LogP contribution >= 0.6 is 0 Å². The highest BCUT2D eigenvalue weighted by Crippen LogP contribution is 2.07. The second-order valence-electron chi connectivity index (χ2n) is 4.50. The van der Waals surface area contributed by atoms with Crippen LogP contribution in [0.2, 0.25) is 19.6 Å². The molecule has 4 heteroatoms. The Hall–Kier alpha value is -0.643. The number of Topliss-reactive ketones (excluding diaryl/α,β-unsaturated/α-hetero) is 1. The highest BCUT2D eigenvalue weighted by molar-refractivity contribution is 6.71. The molecule has 0 unspecified atom stereocenters. The Morgan fingerprint density at radius 2 is 1.57 bits per heavy atom. The van der Waals surface area contributed by atoms with E-state index in [9.17, 15) is 9.59 Å². The Morgan fingerprint density at radius 3 is 2.00 bits per heavy atom. The summed E-state index contributed by atoms with van der Waals surface area (Å²) in [4.78, 5) is 21.8. The van der Waals surface area contributed by atoms with E-state index in [4.69, 9.17) is 4.43 Å². The fourth-order valence-corrected chi connectivity index (χ4v) is 1.82. The zero-order valence-electron chi connectivity index (χ0n) is 9.55. The minimum absolute atomic E-state index is 0.118. The lowest BCUT2D eigenvalue weighted by atomic mass is 10.1. The molecule has 0 aliphatic rings. The molecule has 0 N–H and O–H groups in total. The van der Waals surface area contributed by atoms with E-state index in [-0.39, 0.29) is 11.8 Å². The summed E-state index contributed by atoms with van der Waals surface area (Å²) in [6.45, 7) is 7.53. The molecule has 0 bridgehead atoms. The Bertz CT molecular complexity index is 206. The molecule has 0 saturated carbocycles. The summed E-state index contributed by atoms with van der Waals surface area (Å²) in [6, 6.07) is 0. The fourth-order valence-electron chi connectivity index (χ4n) is 1.04. The van der Waals surface area contributed by atoms with Gasteiger partial charge >= 0.3 is 0 Å². The van der Waals surface area contributed by atoms with Crippen LogP contribution in [0.1, 0.15) is 32.6 Å². The van der Waals surface area contributed by atoms with Gasteiger partial charge in [0.1, 0.15) is 5.78 Å². The average Bonchev–Trinajstić information content (AvgIpc) is 1.94. The summed E-state index contributed by atoms with van der Waals surface area (Å²) < 4.78 is 5.26. The number of unbranched alkanes of at least 4 members (excludes halogenated alkanes) is 1. The zero-order valence-corrected chi connectivity index (χ0v) is 10.6. The van der Waals surface area contributed by atoms with Crippen molar-refractivity contribution in [3.8, 4) is 0 Å². The quantitative estimate of drug-likeness (QED) is 0.506. The lowest BCUT2D eigenvalue weighted by molar-refractivity contribution is -0.135. The smallest absolute Gasteiger partial charge is 0.292 e. The van der Waals surface area contributed by atoms with Crippen molar-refractivity contribution in [3.63, 3.8) is 0 Å². The van der Waals surface area contributed by atoms with E-state index in [0.29, 0.717) is 12.8 Å². The molecule has 0 aliphatic heterocycles. The minimum Gasteiger partial charge on any atom is -0.520 e. The van der Waals surface area contributed by atoms with E-state index >= 15 is 0 Å². The summed E-state index contributed by atoms with van der Waals surface area (Å²) in [5.74, 6) is 0.0660. The van der Waals surface area contributed by atoms with Gasteiger partial charge in [0.05, 0.1) is 0 Å². The van der Waals surface area contributed by atoms with Crippen molar-refractivity contribution < 1.29 is 14.0 Å². The van der Waals surface area contributed by atoms with Gasteiger partial charge in [-0.3, -0.25) is 4.79 Å². The lowest BCUT2D eigenvalue weighted by Gasteiger charge is -2.16. The van der Waals surface area contributed by atoms with Gasteiger partial charge in [0.2, 0.25) is 8.32 Å². The van der Waals surface area contributed by atoms with Crippen molar-refractivity contribution in [2.75, 3.05) is 0 Å². The molecule has 0 radical (unpaired) electrons. The maximum absolute atomic E-state index is 11.2. The predicted molar refractivity (Wildman–Crippen MR) is 58.6 cm³/mol. The maximum Gasteiger partial charge on any atom is 0.292 e. The first-order chi connectivity index (χ1) is 6.31. The molecule has 0 heterocycles. The van der Waals surface area contributed by atoms with Crippen LogP contribution in [0.3, 0.4) is 0 Å². The fraction of sp³-hybridized carbons (Fsp3) is 0.800. The van der Waals surface area contributed by atoms with Crippen molar-refractivity contribution >= 4 is 20.1 Å². The number of carbonyl (C=O) groups is 2. The second kappa shape index (κ2) is 5.96. The van der Waals surface area contributed by atoms with Crippen LogP contribution in [-0.2, 0) is 14.0 Å². The largest absolute Gasteiger partial charge is 0.520 e. The number of rotatable bonds is 6. The van der Waals surface area contributed by atoms with Crippen LogP contribution in [0.5, 0.6) is 0 Å². The number of ketones is 1. The normalized spacial score (nSPS) is 11.1. The first-order valence-corrected chi connectivity index (χ1v) is 8.43. The van der Waals surface area contributed by atoms with Gasteiger partial charge in [0.25, 0.3) is 5.97 Å². The predicted octanol–water partition coefficient (Wildman–Crippen LogP) is 2.51. The molecule has 0 rings (SSSR count). The Balaban J connectivity index is 3.50. The van der Waals surface area contributed by atoms with Crippen molar-refractivity contribution in [2.45, 2.75) is 52.2 Å². The third-order valence-corrected chi connectivity index (χ3v) is 2.42. The van der Waals surface area contributed by atoms with Gasteiger partial charge in [-0.15, -0.1) is 0 Å². The van der Waals surface area contributed by atoms with Gasteiger partial charge in [-0.05, 0) is 39.4 Å². The number of hydrogen-bond acceptors (Lipinski definition) is 3.